The van der Waals surface area contributed by atoms with E-state index in [-0.39, 0.29) is 23.3 Å². The highest BCUT2D eigenvalue weighted by atomic mass is 35.5. The number of aliphatic imine (C=N–C) groups is 1. The van der Waals surface area contributed by atoms with Gasteiger partial charge < -0.3 is 25.4 Å². The zero-order valence-corrected chi connectivity index (χ0v) is 23.4. The number of thioether (sulfide) groups is 1. The first-order chi connectivity index (χ1) is 19.9. The number of carboxylic acid groups (broad SMARTS) is 1. The van der Waals surface area contributed by atoms with Crippen LogP contribution in [0.5, 0.6) is 0 Å². The van der Waals surface area contributed by atoms with Crippen LogP contribution in [0.2, 0.25) is 5.02 Å². The third-order valence-electron chi connectivity index (χ3n) is 7.28. The summed E-state index contributed by atoms with van der Waals surface area (Å²) in [7, 11) is 0. The van der Waals surface area contributed by atoms with Gasteiger partial charge in [-0.05, 0) is 66.6 Å². The molecule has 12 heteroatoms. The van der Waals surface area contributed by atoms with E-state index < -0.39 is 5.97 Å². The number of carbonyl (C=O) groups is 3. The minimum Gasteiger partial charge on any atom is -0.478 e. The molecule has 3 fully saturated rings. The second-order valence-corrected chi connectivity index (χ2v) is 11.4. The number of nitrogens with zero attached hydrogens (tertiary/aromatic N) is 3. The van der Waals surface area contributed by atoms with Crippen molar-refractivity contribution in [1.82, 2.24) is 10.3 Å². The highest BCUT2D eigenvalue weighted by molar-refractivity contribution is 8.18. The van der Waals surface area contributed by atoms with Crippen molar-refractivity contribution in [2.75, 3.05) is 36.5 Å². The first-order valence-electron chi connectivity index (χ1n) is 13.2. The van der Waals surface area contributed by atoms with Crippen LogP contribution in [0.15, 0.2) is 52.5 Å². The summed E-state index contributed by atoms with van der Waals surface area (Å²) in [5.74, 6) is -1.33. The molecule has 1 aromatic heterocycles. The fourth-order valence-corrected chi connectivity index (χ4v) is 5.90. The number of halogens is 1. The summed E-state index contributed by atoms with van der Waals surface area (Å²) in [6.07, 6.45) is 5.98. The van der Waals surface area contributed by atoms with Crippen LogP contribution in [0, 0.1) is 5.92 Å². The van der Waals surface area contributed by atoms with Gasteiger partial charge in [-0.3, -0.25) is 14.6 Å². The van der Waals surface area contributed by atoms with E-state index >= 15 is 0 Å². The summed E-state index contributed by atoms with van der Waals surface area (Å²) < 4.78 is 5.46. The number of pyridine rings is 1. The van der Waals surface area contributed by atoms with E-state index in [0.717, 1.165) is 19.3 Å². The Morgan fingerprint density at radius 1 is 1.20 bits per heavy atom. The second kappa shape index (κ2) is 11.5. The number of amidine groups is 1. The molecular formula is C29H26ClN5O5S. The molecule has 41 heavy (non-hydrogen) atoms. The number of nitrogens with one attached hydrogen (secondary N) is 2. The maximum atomic E-state index is 12.8. The van der Waals surface area contributed by atoms with E-state index in [2.05, 4.69) is 20.6 Å². The number of aromatic nitrogens is 1. The number of anilines is 2. The summed E-state index contributed by atoms with van der Waals surface area (Å²) in [4.78, 5) is 48.5. The zero-order valence-electron chi connectivity index (χ0n) is 21.9. The van der Waals surface area contributed by atoms with Gasteiger partial charge in [0, 0.05) is 36.3 Å². The number of hydrogen-bond donors (Lipinski definition) is 3. The topological polar surface area (TPSA) is 133 Å². The molecule has 1 saturated carbocycles. The van der Waals surface area contributed by atoms with Gasteiger partial charge in [-0.25, -0.2) is 9.79 Å². The molecule has 3 aliphatic rings. The van der Waals surface area contributed by atoms with Crippen molar-refractivity contribution in [3.63, 3.8) is 0 Å². The van der Waals surface area contributed by atoms with Crippen molar-refractivity contribution in [3.8, 4) is 0 Å². The lowest BCUT2D eigenvalue weighted by molar-refractivity contribution is -0.122. The molecule has 10 nitrogen and oxygen atoms in total. The van der Waals surface area contributed by atoms with E-state index in [9.17, 15) is 19.5 Å². The van der Waals surface area contributed by atoms with Gasteiger partial charge in [-0.2, -0.15) is 0 Å². The standard InChI is InChI=1S/C29H26ClN5O5S/c30-21-6-5-18(32-26(36)17-2-1-3-17)14-23(21)33-29-34-27(37)24(41-29)13-16-4-7-22-19(12-16)25(20(15-31-22)28(38)39)35-8-10-40-11-9-35/h4-7,12-15,17H,1-3,8-11H2,(H,32,36)(H,38,39)(H,33,34,37). The number of aromatic carboxylic acids is 1. The van der Waals surface area contributed by atoms with Gasteiger partial charge in [-0.15, -0.1) is 0 Å². The van der Waals surface area contributed by atoms with Crippen molar-refractivity contribution >= 4 is 80.4 Å². The number of hydrogen-bond acceptors (Lipinski definition) is 8. The van der Waals surface area contributed by atoms with Gasteiger partial charge in [0.2, 0.25) is 5.91 Å². The SMILES string of the molecule is O=C1NC(=Nc2cc(NC(=O)C3CCC3)ccc2Cl)SC1=Cc1ccc2ncc(C(=O)O)c(N3CCOCC3)c2c1. The normalized spacial score (nSPS) is 19.4. The van der Waals surface area contributed by atoms with Crippen LogP contribution in [0.3, 0.4) is 0 Å². The van der Waals surface area contributed by atoms with Gasteiger partial charge in [-0.1, -0.05) is 24.1 Å². The van der Waals surface area contributed by atoms with E-state index in [0.29, 0.717) is 74.9 Å². The summed E-state index contributed by atoms with van der Waals surface area (Å²) in [6, 6.07) is 10.6. The number of benzene rings is 2. The van der Waals surface area contributed by atoms with Gasteiger partial charge in [0.25, 0.3) is 5.91 Å². The zero-order chi connectivity index (χ0) is 28.5. The summed E-state index contributed by atoms with van der Waals surface area (Å²) in [5.41, 5.74) is 3.11. The summed E-state index contributed by atoms with van der Waals surface area (Å²) in [5, 5.41) is 17.0. The smallest absolute Gasteiger partial charge is 0.339 e. The molecule has 2 saturated heterocycles. The van der Waals surface area contributed by atoms with E-state index in [4.69, 9.17) is 16.3 Å². The van der Waals surface area contributed by atoms with Crippen LogP contribution in [-0.4, -0.2) is 59.3 Å². The second-order valence-electron chi connectivity index (χ2n) is 9.97. The number of carboxylic acids is 1. The Morgan fingerprint density at radius 2 is 2.00 bits per heavy atom. The van der Waals surface area contributed by atoms with Crippen molar-refractivity contribution in [3.05, 3.63) is 63.6 Å². The molecule has 3 heterocycles. The van der Waals surface area contributed by atoms with Gasteiger partial charge >= 0.3 is 5.97 Å². The van der Waals surface area contributed by atoms with Gasteiger partial charge in [0.1, 0.15) is 5.56 Å². The van der Waals surface area contributed by atoms with E-state index in [1.54, 1.807) is 24.3 Å². The predicted octanol–water partition coefficient (Wildman–Crippen LogP) is 5.05. The monoisotopic (exact) mass is 591 g/mol. The summed E-state index contributed by atoms with van der Waals surface area (Å²) >= 11 is 7.54. The maximum Gasteiger partial charge on any atom is 0.339 e. The van der Waals surface area contributed by atoms with Crippen LogP contribution >= 0.6 is 23.4 Å². The molecule has 0 spiro atoms. The Balaban J connectivity index is 1.27. The van der Waals surface area contributed by atoms with Crippen LogP contribution < -0.4 is 15.5 Å². The van der Waals surface area contributed by atoms with E-state index in [1.807, 2.05) is 23.1 Å². The van der Waals surface area contributed by atoms with Gasteiger partial charge in [0.05, 0.1) is 40.0 Å². The molecule has 1 aliphatic carbocycles. The highest BCUT2D eigenvalue weighted by Crippen LogP contribution is 2.35. The lowest BCUT2D eigenvalue weighted by atomic mass is 9.85. The number of rotatable bonds is 6. The Bertz CT molecular complexity index is 1630. The molecule has 0 unspecified atom stereocenters. The number of amides is 2. The van der Waals surface area contributed by atoms with E-state index in [1.165, 1.54) is 18.0 Å². The third kappa shape index (κ3) is 5.79. The minimum atomic E-state index is -1.05. The van der Waals surface area contributed by atoms with Crippen molar-refractivity contribution in [2.45, 2.75) is 19.3 Å². The van der Waals surface area contributed by atoms with Crippen molar-refractivity contribution in [2.24, 2.45) is 10.9 Å². The molecule has 2 aromatic carbocycles. The quantitative estimate of drug-likeness (QED) is 0.339. The lowest BCUT2D eigenvalue weighted by Gasteiger charge is -2.30. The first-order valence-corrected chi connectivity index (χ1v) is 14.4. The molecule has 6 rings (SSSR count). The number of ether oxygens (including phenoxy) is 1. The average molecular weight is 592 g/mol. The van der Waals surface area contributed by atoms with Crippen LogP contribution in [0.25, 0.3) is 17.0 Å². The molecule has 210 valence electrons. The Labute approximate surface area is 244 Å². The third-order valence-corrected chi connectivity index (χ3v) is 8.51. The molecule has 0 atom stereocenters. The first kappa shape index (κ1) is 27.3. The van der Waals surface area contributed by atoms with Crippen molar-refractivity contribution in [1.29, 1.82) is 0 Å². The van der Waals surface area contributed by atoms with Gasteiger partial charge in [0.15, 0.2) is 5.17 Å². The highest BCUT2D eigenvalue weighted by Gasteiger charge is 2.27. The molecule has 3 aromatic rings. The molecule has 2 aliphatic heterocycles. The van der Waals surface area contributed by atoms with Crippen LogP contribution in [0.4, 0.5) is 17.1 Å². The van der Waals surface area contributed by atoms with Crippen LogP contribution in [-0.2, 0) is 14.3 Å². The molecule has 0 radical (unpaired) electrons. The minimum absolute atomic E-state index is 0.0104. The average Bonchev–Trinajstić information content (AvgIpc) is 3.27. The Hall–Kier alpha value is -3.93. The lowest BCUT2D eigenvalue weighted by Crippen LogP contribution is -2.37. The largest absolute Gasteiger partial charge is 0.478 e. The molecule has 2 amide bonds. The Morgan fingerprint density at radius 3 is 2.73 bits per heavy atom. The fourth-order valence-electron chi connectivity index (χ4n) is 4.90. The fraction of sp³-hybridized carbons (Fsp3) is 0.276. The Kier molecular flexibility index (Phi) is 7.65. The molecular weight excluding hydrogens is 566 g/mol. The van der Waals surface area contributed by atoms with Crippen LogP contribution in [0.1, 0.15) is 35.2 Å². The molecule has 0 bridgehead atoms. The predicted molar refractivity (Wildman–Crippen MR) is 160 cm³/mol. The maximum absolute atomic E-state index is 12.8. The molecule has 3 N–H and O–H groups in total. The number of carbonyl (C=O) groups excluding carboxylic acids is 2. The summed E-state index contributed by atoms with van der Waals surface area (Å²) in [6.45, 7) is 2.14. The van der Waals surface area contributed by atoms with Crippen molar-refractivity contribution < 1.29 is 24.2 Å². The number of fused-ring (bicyclic) bond motifs is 1. The number of morpholine rings is 1.